The molecule has 1 saturated carbocycles. The number of hydrogen-bond donors (Lipinski definition) is 2. The van der Waals surface area contributed by atoms with Crippen molar-refractivity contribution in [2.75, 3.05) is 5.32 Å². The molecule has 2 N–H and O–H groups in total. The quantitative estimate of drug-likeness (QED) is 0.382. The van der Waals surface area contributed by atoms with Crippen molar-refractivity contribution in [2.24, 2.45) is 0 Å². The molecule has 35 heavy (non-hydrogen) atoms. The van der Waals surface area contributed by atoms with Gasteiger partial charge in [0, 0.05) is 10.6 Å². The normalized spacial score (nSPS) is 14.4. The molecule has 3 aromatic rings. The Kier molecular flexibility index (Phi) is 7.32. The fraction of sp³-hybridized carbons (Fsp3) is 0.227. The molecule has 184 valence electrons. The fourth-order valence-electron chi connectivity index (χ4n) is 3.18. The lowest BCUT2D eigenvalue weighted by molar-refractivity contribution is -0.136. The number of rotatable bonds is 9. The number of carbonyl (C=O) groups is 2. The summed E-state index contributed by atoms with van der Waals surface area (Å²) in [5.41, 5.74) is 0.329. The van der Waals surface area contributed by atoms with Crippen LogP contribution >= 0.6 is 34.5 Å². The first-order valence-electron chi connectivity index (χ1n) is 10.2. The number of aromatic nitrogens is 1. The molecule has 1 unspecified atom stereocenters. The molecular formula is C22H17Cl2FN2O6S2. The van der Waals surface area contributed by atoms with Gasteiger partial charge in [0.15, 0.2) is 26.5 Å². The Morgan fingerprint density at radius 2 is 1.89 bits per heavy atom. The van der Waals surface area contributed by atoms with E-state index in [-0.39, 0.29) is 36.4 Å². The largest absolute Gasteiger partial charge is 0.481 e. The SMILES string of the molecule is O=C(O)Cc1nc(NC(=O)C(Oc2ccc(Cl)cc2F)c2ccc(S(=O)(=O)C3CC3)cc2)sc1Cl. The van der Waals surface area contributed by atoms with Crippen LogP contribution in [0.3, 0.4) is 0 Å². The first-order chi connectivity index (χ1) is 16.5. The summed E-state index contributed by atoms with van der Waals surface area (Å²) in [5, 5.41) is 11.2. The highest BCUT2D eigenvalue weighted by molar-refractivity contribution is 7.92. The van der Waals surface area contributed by atoms with Gasteiger partial charge in [-0.15, -0.1) is 0 Å². The van der Waals surface area contributed by atoms with E-state index in [1.807, 2.05) is 0 Å². The van der Waals surface area contributed by atoms with Crippen LogP contribution in [-0.2, 0) is 25.8 Å². The van der Waals surface area contributed by atoms with E-state index in [0.29, 0.717) is 12.8 Å². The van der Waals surface area contributed by atoms with Crippen LogP contribution in [0.4, 0.5) is 9.52 Å². The topological polar surface area (TPSA) is 123 Å². The number of carbonyl (C=O) groups excluding carboxylic acids is 1. The van der Waals surface area contributed by atoms with Gasteiger partial charge < -0.3 is 9.84 Å². The third kappa shape index (κ3) is 5.92. The zero-order chi connectivity index (χ0) is 25.3. The van der Waals surface area contributed by atoms with Gasteiger partial charge in [0.2, 0.25) is 6.10 Å². The smallest absolute Gasteiger partial charge is 0.309 e. The first kappa shape index (κ1) is 25.4. The molecule has 0 bridgehead atoms. The van der Waals surface area contributed by atoms with Crippen LogP contribution in [0.25, 0.3) is 0 Å². The summed E-state index contributed by atoms with van der Waals surface area (Å²) >= 11 is 12.7. The molecule has 1 aliphatic rings. The second-order valence-corrected chi connectivity index (χ2v) is 12.0. The Hall–Kier alpha value is -2.73. The second kappa shape index (κ2) is 10.1. The maximum Gasteiger partial charge on any atom is 0.309 e. The summed E-state index contributed by atoms with van der Waals surface area (Å²) < 4.78 is 45.2. The van der Waals surface area contributed by atoms with Gasteiger partial charge in [-0.3, -0.25) is 14.9 Å². The summed E-state index contributed by atoms with van der Waals surface area (Å²) in [6.45, 7) is 0. The van der Waals surface area contributed by atoms with E-state index >= 15 is 0 Å². The number of carboxylic acid groups (broad SMARTS) is 1. The molecule has 2 aromatic carbocycles. The number of anilines is 1. The number of sulfone groups is 1. The molecule has 4 rings (SSSR count). The molecule has 1 heterocycles. The van der Waals surface area contributed by atoms with E-state index in [1.165, 1.54) is 36.4 Å². The Balaban J connectivity index is 1.63. The zero-order valence-electron chi connectivity index (χ0n) is 17.7. The van der Waals surface area contributed by atoms with E-state index in [0.717, 1.165) is 17.4 Å². The molecule has 1 amide bonds. The summed E-state index contributed by atoms with van der Waals surface area (Å²) in [4.78, 5) is 28.2. The maximum absolute atomic E-state index is 14.4. The number of halogens is 3. The van der Waals surface area contributed by atoms with E-state index in [1.54, 1.807) is 0 Å². The van der Waals surface area contributed by atoms with Crippen LogP contribution < -0.4 is 10.1 Å². The predicted molar refractivity (Wildman–Crippen MR) is 129 cm³/mol. The van der Waals surface area contributed by atoms with Gasteiger partial charge in [0.1, 0.15) is 4.34 Å². The van der Waals surface area contributed by atoms with E-state index in [4.69, 9.17) is 33.0 Å². The lowest BCUT2D eigenvalue weighted by atomic mass is 10.1. The Labute approximate surface area is 213 Å². The van der Waals surface area contributed by atoms with Gasteiger partial charge in [-0.25, -0.2) is 17.8 Å². The summed E-state index contributed by atoms with van der Waals surface area (Å²) in [6, 6.07) is 9.24. The average Bonchev–Trinajstić information content (AvgIpc) is 3.59. The van der Waals surface area contributed by atoms with Crippen LogP contribution in [-0.4, -0.2) is 35.6 Å². The number of hydrogen-bond acceptors (Lipinski definition) is 7. The molecule has 1 atom stereocenters. The van der Waals surface area contributed by atoms with Crippen molar-refractivity contribution in [3.8, 4) is 5.75 Å². The number of amides is 1. The van der Waals surface area contributed by atoms with Crippen molar-refractivity contribution in [3.05, 3.63) is 68.9 Å². The molecule has 1 fully saturated rings. The lowest BCUT2D eigenvalue weighted by Crippen LogP contribution is -2.26. The predicted octanol–water partition coefficient (Wildman–Crippen LogP) is 4.91. The number of nitrogens with one attached hydrogen (secondary N) is 1. The van der Waals surface area contributed by atoms with Crippen molar-refractivity contribution in [3.63, 3.8) is 0 Å². The highest BCUT2D eigenvalue weighted by Crippen LogP contribution is 2.35. The van der Waals surface area contributed by atoms with Crippen LogP contribution in [0.15, 0.2) is 47.4 Å². The average molecular weight is 559 g/mol. The molecule has 0 radical (unpaired) electrons. The number of thiazole rings is 1. The number of nitrogens with zero attached hydrogens (tertiary/aromatic N) is 1. The molecule has 8 nitrogen and oxygen atoms in total. The van der Waals surface area contributed by atoms with Crippen molar-refractivity contribution in [2.45, 2.75) is 35.5 Å². The minimum atomic E-state index is -3.45. The van der Waals surface area contributed by atoms with E-state index in [9.17, 15) is 22.4 Å². The Morgan fingerprint density at radius 1 is 1.20 bits per heavy atom. The summed E-state index contributed by atoms with van der Waals surface area (Å²) in [6.07, 6.45) is -0.630. The summed E-state index contributed by atoms with van der Waals surface area (Å²) in [7, 11) is -3.45. The van der Waals surface area contributed by atoms with Gasteiger partial charge in [-0.05, 0) is 43.2 Å². The molecule has 0 spiro atoms. The molecule has 13 heteroatoms. The van der Waals surface area contributed by atoms with Crippen LogP contribution in [0.5, 0.6) is 5.75 Å². The monoisotopic (exact) mass is 558 g/mol. The molecule has 0 saturated heterocycles. The highest BCUT2D eigenvalue weighted by atomic mass is 35.5. The van der Waals surface area contributed by atoms with Gasteiger partial charge in [0.05, 0.1) is 22.3 Å². The molecule has 0 aliphatic heterocycles. The highest BCUT2D eigenvalue weighted by Gasteiger charge is 2.37. The standard InChI is InChI=1S/C22H17Cl2FN2O6S2/c23-12-3-8-17(15(25)9-12)33-19(11-1-4-13(5-2-11)35(31,32)14-6-7-14)21(30)27-22-26-16(10-18(28)29)20(24)34-22/h1-5,8-9,14,19H,6-7,10H2,(H,28,29)(H,26,27,30). The lowest BCUT2D eigenvalue weighted by Gasteiger charge is -2.19. The number of benzene rings is 2. The zero-order valence-corrected chi connectivity index (χ0v) is 20.8. The maximum atomic E-state index is 14.4. The minimum Gasteiger partial charge on any atom is -0.481 e. The van der Waals surface area contributed by atoms with Crippen molar-refractivity contribution < 1.29 is 32.2 Å². The molecule has 1 aromatic heterocycles. The fourth-order valence-corrected chi connectivity index (χ4v) is 6.04. The van der Waals surface area contributed by atoms with Gasteiger partial charge >= 0.3 is 5.97 Å². The number of aliphatic carboxylic acids is 1. The molecule has 1 aliphatic carbocycles. The van der Waals surface area contributed by atoms with Crippen LogP contribution in [0.1, 0.15) is 30.2 Å². The van der Waals surface area contributed by atoms with E-state index < -0.39 is 45.3 Å². The third-order valence-electron chi connectivity index (χ3n) is 5.05. The summed E-state index contributed by atoms with van der Waals surface area (Å²) in [5.74, 6) is -2.96. The Morgan fingerprint density at radius 3 is 2.49 bits per heavy atom. The van der Waals surface area contributed by atoms with Crippen molar-refractivity contribution in [1.82, 2.24) is 4.98 Å². The third-order valence-corrected chi connectivity index (χ3v) is 8.81. The second-order valence-electron chi connectivity index (χ2n) is 7.69. The Bertz CT molecular complexity index is 1390. The van der Waals surface area contributed by atoms with Crippen molar-refractivity contribution >= 4 is 61.4 Å². The first-order valence-corrected chi connectivity index (χ1v) is 13.3. The minimum absolute atomic E-state index is 0.0226. The van der Waals surface area contributed by atoms with E-state index in [2.05, 4.69) is 10.3 Å². The molecular weight excluding hydrogens is 542 g/mol. The van der Waals surface area contributed by atoms with Crippen LogP contribution in [0.2, 0.25) is 9.36 Å². The van der Waals surface area contributed by atoms with Gasteiger partial charge in [-0.1, -0.05) is 46.7 Å². The van der Waals surface area contributed by atoms with Gasteiger partial charge in [0.25, 0.3) is 5.91 Å². The number of carboxylic acids is 1. The van der Waals surface area contributed by atoms with Crippen molar-refractivity contribution in [1.29, 1.82) is 0 Å². The number of ether oxygens (including phenoxy) is 1. The van der Waals surface area contributed by atoms with Crippen LogP contribution in [0, 0.1) is 5.82 Å². The van der Waals surface area contributed by atoms with Gasteiger partial charge in [-0.2, -0.15) is 0 Å².